The largest absolute Gasteiger partial charge is 0.508 e. The van der Waals surface area contributed by atoms with Crippen molar-refractivity contribution in [2.75, 3.05) is 0 Å². The Bertz CT molecular complexity index is 957. The highest BCUT2D eigenvalue weighted by Gasteiger charge is 2.34. The van der Waals surface area contributed by atoms with Gasteiger partial charge in [0.2, 0.25) is 0 Å². The second-order valence-corrected chi connectivity index (χ2v) is 7.03. The fourth-order valence-electron chi connectivity index (χ4n) is 3.32. The van der Waals surface area contributed by atoms with Crippen LogP contribution in [0, 0.1) is 0 Å². The molecule has 6 heteroatoms. The predicted molar refractivity (Wildman–Crippen MR) is 93.9 cm³/mol. The number of rotatable bonds is 1. The maximum atomic E-state index is 12.4. The van der Waals surface area contributed by atoms with E-state index in [1.165, 1.54) is 6.07 Å². The van der Waals surface area contributed by atoms with Crippen molar-refractivity contribution in [1.29, 1.82) is 0 Å². The van der Waals surface area contributed by atoms with E-state index in [0.29, 0.717) is 16.9 Å². The Morgan fingerprint density at radius 2 is 1.88 bits per heavy atom. The minimum atomic E-state index is -0.732. The van der Waals surface area contributed by atoms with E-state index in [9.17, 15) is 20.1 Å². The molecule has 2 aromatic rings. The van der Waals surface area contributed by atoms with Gasteiger partial charge < -0.3 is 24.8 Å². The number of ether oxygens (including phenoxy) is 2. The molecule has 134 valence electrons. The molecule has 2 heterocycles. The van der Waals surface area contributed by atoms with Crippen molar-refractivity contribution in [1.82, 2.24) is 0 Å². The summed E-state index contributed by atoms with van der Waals surface area (Å²) in [5.74, 6) is -0.219. The fraction of sp³-hybridized carbons (Fsp3) is 0.250. The van der Waals surface area contributed by atoms with Crippen molar-refractivity contribution < 1.29 is 29.6 Å². The van der Waals surface area contributed by atoms with E-state index < -0.39 is 11.7 Å². The number of hydrogen-bond donors (Lipinski definition) is 3. The molecule has 26 heavy (non-hydrogen) atoms. The molecule has 0 amide bonds. The van der Waals surface area contributed by atoms with Gasteiger partial charge in [-0.3, -0.25) is 4.79 Å². The number of phenols is 3. The Hall–Kier alpha value is -3.15. The summed E-state index contributed by atoms with van der Waals surface area (Å²) >= 11 is 0. The van der Waals surface area contributed by atoms with E-state index >= 15 is 0 Å². The molecule has 0 aromatic heterocycles. The molecular weight excluding hydrogens is 336 g/mol. The Morgan fingerprint density at radius 1 is 1.12 bits per heavy atom. The molecule has 1 atom stereocenters. The lowest BCUT2D eigenvalue weighted by Crippen LogP contribution is -2.27. The summed E-state index contributed by atoms with van der Waals surface area (Å²) < 4.78 is 11.6. The average molecular weight is 354 g/mol. The molecule has 0 aliphatic carbocycles. The highest BCUT2D eigenvalue weighted by Crippen LogP contribution is 2.46. The van der Waals surface area contributed by atoms with Gasteiger partial charge in [0.15, 0.2) is 5.78 Å². The standard InChI is InChI=1S/C20H18O6/c1-20(2)6-5-12-15(26-20)4-3-11(19(12)24)16-9-14(23)18-13(22)7-10(21)8-17(18)25-16/h3-8,16,21-22,24H,9H2,1-2H3/t16-/m0/s1. The molecule has 0 bridgehead atoms. The molecular formula is C20H18O6. The summed E-state index contributed by atoms with van der Waals surface area (Å²) in [7, 11) is 0. The van der Waals surface area contributed by atoms with Gasteiger partial charge in [-0.05, 0) is 38.1 Å². The monoisotopic (exact) mass is 354 g/mol. The number of hydrogen-bond acceptors (Lipinski definition) is 6. The third-order valence-corrected chi connectivity index (χ3v) is 4.56. The molecule has 3 N–H and O–H groups in total. The Balaban J connectivity index is 1.75. The minimum Gasteiger partial charge on any atom is -0.508 e. The number of Topliss-reactive ketones (excluding diaryl/α,β-unsaturated/α-hetero) is 1. The minimum absolute atomic E-state index is 0.0140. The van der Waals surface area contributed by atoms with Crippen LogP contribution in [0.5, 0.6) is 28.7 Å². The molecule has 0 saturated heterocycles. The number of carbonyl (C=O) groups excluding carboxylic acids is 1. The maximum absolute atomic E-state index is 12.4. The van der Waals surface area contributed by atoms with E-state index in [2.05, 4.69) is 0 Å². The van der Waals surface area contributed by atoms with Gasteiger partial charge >= 0.3 is 0 Å². The number of ketones is 1. The molecule has 2 aliphatic rings. The Labute approximate surface area is 149 Å². The second kappa shape index (κ2) is 5.42. The highest BCUT2D eigenvalue weighted by atomic mass is 16.5. The second-order valence-electron chi connectivity index (χ2n) is 7.03. The summed E-state index contributed by atoms with van der Waals surface area (Å²) in [6.07, 6.45) is 2.86. The van der Waals surface area contributed by atoms with Crippen LogP contribution in [-0.4, -0.2) is 26.7 Å². The molecule has 6 nitrogen and oxygen atoms in total. The number of aromatic hydroxyl groups is 3. The maximum Gasteiger partial charge on any atom is 0.174 e. The van der Waals surface area contributed by atoms with Gasteiger partial charge in [-0.15, -0.1) is 0 Å². The van der Waals surface area contributed by atoms with E-state index in [1.807, 2.05) is 19.9 Å². The number of fused-ring (bicyclic) bond motifs is 2. The van der Waals surface area contributed by atoms with Crippen molar-refractivity contribution in [2.24, 2.45) is 0 Å². The number of carbonyl (C=O) groups is 1. The van der Waals surface area contributed by atoms with Gasteiger partial charge in [0, 0.05) is 17.7 Å². The zero-order valence-corrected chi connectivity index (χ0v) is 14.3. The summed E-state index contributed by atoms with van der Waals surface area (Å²) in [5, 5.41) is 30.2. The van der Waals surface area contributed by atoms with Crippen molar-refractivity contribution in [3.63, 3.8) is 0 Å². The van der Waals surface area contributed by atoms with E-state index in [1.54, 1.807) is 18.2 Å². The van der Waals surface area contributed by atoms with Crippen LogP contribution in [0.1, 0.15) is 47.9 Å². The van der Waals surface area contributed by atoms with E-state index in [0.717, 1.165) is 6.07 Å². The summed E-state index contributed by atoms with van der Waals surface area (Å²) in [4.78, 5) is 12.4. The smallest absolute Gasteiger partial charge is 0.174 e. The molecule has 0 radical (unpaired) electrons. The first-order chi connectivity index (χ1) is 12.2. The zero-order chi connectivity index (χ0) is 18.6. The van der Waals surface area contributed by atoms with Gasteiger partial charge in [0.25, 0.3) is 0 Å². The summed E-state index contributed by atoms with van der Waals surface area (Å²) in [6.45, 7) is 3.83. The zero-order valence-electron chi connectivity index (χ0n) is 14.3. The molecule has 0 spiro atoms. The number of phenolic OH excluding ortho intramolecular Hbond substituents is 3. The van der Waals surface area contributed by atoms with Crippen molar-refractivity contribution >= 4 is 11.9 Å². The summed E-state index contributed by atoms with van der Waals surface area (Å²) in [5.41, 5.74) is 0.550. The van der Waals surface area contributed by atoms with Crippen LogP contribution in [0.4, 0.5) is 0 Å². The molecule has 2 aromatic carbocycles. The molecule has 0 fully saturated rings. The van der Waals surface area contributed by atoms with Gasteiger partial charge in [-0.1, -0.05) is 0 Å². The highest BCUT2D eigenvalue weighted by molar-refractivity contribution is 6.02. The summed E-state index contributed by atoms with van der Waals surface area (Å²) in [6, 6.07) is 5.77. The van der Waals surface area contributed by atoms with Crippen LogP contribution in [-0.2, 0) is 0 Å². The van der Waals surface area contributed by atoms with Crippen LogP contribution >= 0.6 is 0 Å². The van der Waals surface area contributed by atoms with Gasteiger partial charge in [0.05, 0.1) is 12.0 Å². The van der Waals surface area contributed by atoms with Crippen LogP contribution < -0.4 is 9.47 Å². The molecule has 0 saturated carbocycles. The van der Waals surface area contributed by atoms with Crippen molar-refractivity contribution in [3.8, 4) is 28.7 Å². The first-order valence-corrected chi connectivity index (χ1v) is 8.25. The average Bonchev–Trinajstić information content (AvgIpc) is 2.52. The van der Waals surface area contributed by atoms with E-state index in [-0.39, 0.29) is 40.8 Å². The lowest BCUT2D eigenvalue weighted by atomic mass is 9.92. The SMILES string of the molecule is CC1(C)C=Cc2c(ccc([C@@H]3CC(=O)c4c(O)cc(O)cc4O3)c2O)O1. The topological polar surface area (TPSA) is 96.2 Å². The third-order valence-electron chi connectivity index (χ3n) is 4.56. The molecule has 0 unspecified atom stereocenters. The van der Waals surface area contributed by atoms with Crippen LogP contribution in [0.25, 0.3) is 6.08 Å². The first-order valence-electron chi connectivity index (χ1n) is 8.25. The Kier molecular flexibility index (Phi) is 3.41. The molecule has 4 rings (SSSR count). The normalized spacial score (nSPS) is 19.9. The quantitative estimate of drug-likeness (QED) is 0.723. The predicted octanol–water partition coefficient (Wildman–Crippen LogP) is 3.69. The van der Waals surface area contributed by atoms with Crippen molar-refractivity contribution in [3.05, 3.63) is 47.0 Å². The van der Waals surface area contributed by atoms with E-state index in [4.69, 9.17) is 9.47 Å². The van der Waals surface area contributed by atoms with Crippen LogP contribution in [0.15, 0.2) is 30.3 Å². The number of benzene rings is 2. The van der Waals surface area contributed by atoms with Gasteiger partial charge in [-0.25, -0.2) is 0 Å². The van der Waals surface area contributed by atoms with Gasteiger partial charge in [-0.2, -0.15) is 0 Å². The Morgan fingerprint density at radius 3 is 2.65 bits per heavy atom. The molecule has 2 aliphatic heterocycles. The van der Waals surface area contributed by atoms with Crippen LogP contribution in [0.3, 0.4) is 0 Å². The van der Waals surface area contributed by atoms with Crippen molar-refractivity contribution in [2.45, 2.75) is 32.0 Å². The fourth-order valence-corrected chi connectivity index (χ4v) is 3.32. The lowest BCUT2D eigenvalue weighted by molar-refractivity contribution is 0.0842. The first kappa shape index (κ1) is 16.3. The van der Waals surface area contributed by atoms with Gasteiger partial charge in [0.1, 0.15) is 46.0 Å². The third kappa shape index (κ3) is 2.54. The lowest BCUT2D eigenvalue weighted by Gasteiger charge is -2.30. The van der Waals surface area contributed by atoms with Crippen LogP contribution in [0.2, 0.25) is 0 Å².